The fraction of sp³-hybridized carbons (Fsp3) is 0.476. The molecule has 1 aromatic carbocycles. The van der Waals surface area contributed by atoms with Crippen molar-refractivity contribution in [3.63, 3.8) is 0 Å². The molecule has 1 fully saturated rings. The topological polar surface area (TPSA) is 38.8 Å². The van der Waals surface area contributed by atoms with Gasteiger partial charge >= 0.3 is 0 Å². The summed E-state index contributed by atoms with van der Waals surface area (Å²) < 4.78 is 25.4. The summed E-state index contributed by atoms with van der Waals surface area (Å²) in [5.41, 5.74) is 1.67. The third kappa shape index (κ3) is 4.08. The zero-order chi connectivity index (χ0) is 18.8. The first kappa shape index (κ1) is 18.6. The van der Waals surface area contributed by atoms with Crippen LogP contribution in [0.4, 0.5) is 4.39 Å². The molecule has 2 aromatic rings. The quantitative estimate of drug-likeness (QED) is 0.497. The first-order chi connectivity index (χ1) is 13.2. The molecule has 0 saturated heterocycles. The van der Waals surface area contributed by atoms with Gasteiger partial charge in [0, 0.05) is 36.1 Å². The van der Waals surface area contributed by atoms with Gasteiger partial charge < -0.3 is 9.47 Å². The third-order valence-corrected chi connectivity index (χ3v) is 6.33. The molecule has 144 valence electrons. The minimum Gasteiger partial charge on any atom is -0.458 e. The molecule has 1 saturated carbocycles. The number of hydrogen-bond acceptors (Lipinski definition) is 5. The van der Waals surface area contributed by atoms with Crippen molar-refractivity contribution in [1.29, 1.82) is 0 Å². The van der Waals surface area contributed by atoms with Gasteiger partial charge in [-0.3, -0.25) is 9.69 Å². The number of nitrogens with zero attached hydrogens (tertiary/aromatic N) is 1. The number of halogens is 1. The zero-order valence-corrected chi connectivity index (χ0v) is 16.3. The Hall–Kier alpha value is -1.76. The molecule has 2 aliphatic rings. The predicted molar refractivity (Wildman–Crippen MR) is 102 cm³/mol. The Kier molecular flexibility index (Phi) is 5.57. The van der Waals surface area contributed by atoms with Crippen LogP contribution in [-0.4, -0.2) is 30.6 Å². The van der Waals surface area contributed by atoms with Gasteiger partial charge in [-0.15, -0.1) is 11.3 Å². The average molecular weight is 389 g/mol. The van der Waals surface area contributed by atoms with Crippen molar-refractivity contribution in [3.05, 3.63) is 52.2 Å². The molecule has 0 bridgehead atoms. The van der Waals surface area contributed by atoms with E-state index in [0.717, 1.165) is 30.9 Å². The molecule has 0 N–H and O–H groups in total. The fourth-order valence-electron chi connectivity index (χ4n) is 3.62. The van der Waals surface area contributed by atoms with Gasteiger partial charge in [-0.1, -0.05) is 18.2 Å². The Morgan fingerprint density at radius 3 is 2.93 bits per heavy atom. The molecule has 1 aliphatic heterocycles. The van der Waals surface area contributed by atoms with Gasteiger partial charge in [0.1, 0.15) is 5.82 Å². The summed E-state index contributed by atoms with van der Waals surface area (Å²) in [5, 5.41) is 0.839. The van der Waals surface area contributed by atoms with Crippen molar-refractivity contribution in [2.24, 2.45) is 5.92 Å². The molecule has 0 spiro atoms. The average Bonchev–Trinajstić information content (AvgIpc) is 3.44. The number of thiophene rings is 1. The molecule has 4 nitrogen and oxygen atoms in total. The van der Waals surface area contributed by atoms with E-state index >= 15 is 0 Å². The Morgan fingerprint density at radius 2 is 2.19 bits per heavy atom. The SMILES string of the molecule is CCOCOc1cc2c(s1)CCN(C(C(=O)C1CC1)c1ccccc1F)C2. The molecule has 1 aliphatic carbocycles. The van der Waals surface area contributed by atoms with Crippen LogP contribution in [-0.2, 0) is 22.5 Å². The van der Waals surface area contributed by atoms with E-state index < -0.39 is 6.04 Å². The number of ether oxygens (including phenoxy) is 2. The third-order valence-electron chi connectivity index (χ3n) is 5.18. The molecule has 1 atom stereocenters. The van der Waals surface area contributed by atoms with Crippen LogP contribution < -0.4 is 4.74 Å². The van der Waals surface area contributed by atoms with Crippen LogP contribution in [0.25, 0.3) is 0 Å². The van der Waals surface area contributed by atoms with E-state index in [1.807, 2.05) is 19.1 Å². The van der Waals surface area contributed by atoms with Gasteiger partial charge in [0.15, 0.2) is 17.6 Å². The van der Waals surface area contributed by atoms with E-state index in [9.17, 15) is 9.18 Å². The smallest absolute Gasteiger partial charge is 0.190 e. The number of hydrogen-bond donors (Lipinski definition) is 0. The molecule has 4 rings (SSSR count). The number of carbonyl (C=O) groups is 1. The van der Waals surface area contributed by atoms with E-state index in [1.54, 1.807) is 23.5 Å². The Morgan fingerprint density at radius 1 is 1.37 bits per heavy atom. The second kappa shape index (κ2) is 8.09. The first-order valence-electron chi connectivity index (χ1n) is 9.51. The molecule has 0 radical (unpaired) electrons. The van der Waals surface area contributed by atoms with Crippen LogP contribution in [0, 0.1) is 11.7 Å². The molecular formula is C21H24FNO3S. The van der Waals surface area contributed by atoms with E-state index in [-0.39, 0.29) is 24.3 Å². The maximum absolute atomic E-state index is 14.5. The maximum atomic E-state index is 14.5. The lowest BCUT2D eigenvalue weighted by atomic mass is 9.95. The number of benzene rings is 1. The lowest BCUT2D eigenvalue weighted by Crippen LogP contribution is -2.38. The highest BCUT2D eigenvalue weighted by atomic mass is 32.1. The summed E-state index contributed by atoms with van der Waals surface area (Å²) in [6.45, 7) is 4.18. The normalized spacial score (nSPS) is 18.1. The highest BCUT2D eigenvalue weighted by Gasteiger charge is 2.40. The predicted octanol–water partition coefficient (Wildman–Crippen LogP) is 4.34. The minimum absolute atomic E-state index is 0.0866. The van der Waals surface area contributed by atoms with Crippen molar-refractivity contribution in [2.45, 2.75) is 38.8 Å². The van der Waals surface area contributed by atoms with Gasteiger partial charge in [-0.25, -0.2) is 4.39 Å². The lowest BCUT2D eigenvalue weighted by molar-refractivity contribution is -0.126. The zero-order valence-electron chi connectivity index (χ0n) is 15.4. The Balaban J connectivity index is 1.55. The van der Waals surface area contributed by atoms with Crippen LogP contribution in [0.15, 0.2) is 30.3 Å². The van der Waals surface area contributed by atoms with Gasteiger partial charge in [0.05, 0.1) is 6.04 Å². The maximum Gasteiger partial charge on any atom is 0.190 e. The highest BCUT2D eigenvalue weighted by Crippen LogP contribution is 2.41. The summed E-state index contributed by atoms with van der Waals surface area (Å²) in [6.07, 6.45) is 2.70. The van der Waals surface area contributed by atoms with E-state index in [1.165, 1.54) is 16.5 Å². The van der Waals surface area contributed by atoms with E-state index in [2.05, 4.69) is 4.90 Å². The molecule has 6 heteroatoms. The first-order valence-corrected chi connectivity index (χ1v) is 10.3. The van der Waals surface area contributed by atoms with Crippen LogP contribution >= 0.6 is 11.3 Å². The van der Waals surface area contributed by atoms with E-state index in [0.29, 0.717) is 18.7 Å². The summed E-state index contributed by atoms with van der Waals surface area (Å²) in [6, 6.07) is 8.21. The standard InChI is InChI=1S/C21H24FNO3S/c1-2-25-13-26-19-11-15-12-23(10-9-18(15)27-19)20(21(24)14-7-8-14)16-5-3-4-6-17(16)22/h3-6,11,14,20H,2,7-10,12-13H2,1H3. The summed E-state index contributed by atoms with van der Waals surface area (Å²) in [5.74, 6) is -0.0523. The second-order valence-corrected chi connectivity index (χ2v) is 8.19. The fourth-order valence-corrected chi connectivity index (χ4v) is 4.62. The van der Waals surface area contributed by atoms with Gasteiger partial charge in [0.25, 0.3) is 0 Å². The van der Waals surface area contributed by atoms with Crippen LogP contribution in [0.5, 0.6) is 5.06 Å². The van der Waals surface area contributed by atoms with E-state index in [4.69, 9.17) is 9.47 Å². The number of rotatable bonds is 8. The largest absolute Gasteiger partial charge is 0.458 e. The van der Waals surface area contributed by atoms with Crippen molar-refractivity contribution < 1.29 is 18.7 Å². The lowest BCUT2D eigenvalue weighted by Gasteiger charge is -2.34. The molecule has 27 heavy (non-hydrogen) atoms. The van der Waals surface area contributed by atoms with Crippen LogP contribution in [0.1, 0.15) is 41.8 Å². The number of Topliss-reactive ketones (excluding diaryl/α,β-unsaturated/α-hetero) is 1. The summed E-state index contributed by atoms with van der Waals surface area (Å²) >= 11 is 1.64. The second-order valence-electron chi connectivity index (χ2n) is 7.09. The van der Waals surface area contributed by atoms with Gasteiger partial charge in [-0.05, 0) is 43.9 Å². The van der Waals surface area contributed by atoms with Gasteiger partial charge in [0.2, 0.25) is 0 Å². The van der Waals surface area contributed by atoms with Crippen molar-refractivity contribution in [1.82, 2.24) is 4.90 Å². The summed E-state index contributed by atoms with van der Waals surface area (Å²) in [4.78, 5) is 16.4. The molecule has 0 amide bonds. The molecule has 2 heterocycles. The molecule has 1 aromatic heterocycles. The summed E-state index contributed by atoms with van der Waals surface area (Å²) in [7, 11) is 0. The monoisotopic (exact) mass is 389 g/mol. The Labute approximate surface area is 162 Å². The van der Waals surface area contributed by atoms with Crippen molar-refractivity contribution >= 4 is 17.1 Å². The highest BCUT2D eigenvalue weighted by molar-refractivity contribution is 7.14. The Bertz CT molecular complexity index is 818. The van der Waals surface area contributed by atoms with Crippen molar-refractivity contribution in [2.75, 3.05) is 19.9 Å². The van der Waals surface area contributed by atoms with Crippen LogP contribution in [0.2, 0.25) is 0 Å². The number of ketones is 1. The van der Waals surface area contributed by atoms with Crippen LogP contribution in [0.3, 0.4) is 0 Å². The number of fused-ring (bicyclic) bond motifs is 1. The van der Waals surface area contributed by atoms with Crippen molar-refractivity contribution in [3.8, 4) is 5.06 Å². The number of carbonyl (C=O) groups excluding carboxylic acids is 1. The minimum atomic E-state index is -0.500. The molecular weight excluding hydrogens is 365 g/mol. The van der Waals surface area contributed by atoms with Gasteiger partial charge in [-0.2, -0.15) is 0 Å². The molecule has 1 unspecified atom stereocenters.